The summed E-state index contributed by atoms with van der Waals surface area (Å²) < 4.78 is 25.6. The lowest BCUT2D eigenvalue weighted by atomic mass is 9.76. The average molecular weight is 198 g/mol. The zero-order valence-corrected chi connectivity index (χ0v) is 7.76. The van der Waals surface area contributed by atoms with E-state index in [1.807, 2.05) is 0 Å². The van der Waals surface area contributed by atoms with E-state index >= 15 is 0 Å². The molecular weight excluding hydrogens is 186 g/mol. The van der Waals surface area contributed by atoms with Crippen LogP contribution in [0.1, 0.15) is 24.8 Å². The van der Waals surface area contributed by atoms with Gasteiger partial charge in [-0.1, -0.05) is 0 Å². The molecule has 2 rings (SSSR count). The van der Waals surface area contributed by atoms with Gasteiger partial charge in [-0.3, -0.25) is 0 Å². The number of hydrogen-bond donors (Lipinski definition) is 1. The Morgan fingerprint density at radius 3 is 2.14 bits per heavy atom. The van der Waals surface area contributed by atoms with E-state index in [2.05, 4.69) is 0 Å². The maximum Gasteiger partial charge on any atom is 0.126 e. The zero-order chi connectivity index (χ0) is 10.2. The highest BCUT2D eigenvalue weighted by molar-refractivity contribution is 5.20. The maximum absolute atomic E-state index is 12.8. The zero-order valence-electron chi connectivity index (χ0n) is 7.76. The first-order chi connectivity index (χ1) is 6.57. The van der Waals surface area contributed by atoms with Gasteiger partial charge in [-0.15, -0.1) is 0 Å². The van der Waals surface area contributed by atoms with Crippen LogP contribution in [0.25, 0.3) is 0 Å². The van der Waals surface area contributed by atoms with Crippen LogP contribution < -0.4 is 0 Å². The normalized spacial score (nSPS) is 19.1. The highest BCUT2D eigenvalue weighted by Crippen LogP contribution is 2.34. The Balaban J connectivity index is 2.16. The molecule has 0 heterocycles. The first kappa shape index (κ1) is 9.59. The lowest BCUT2D eigenvalue weighted by Crippen LogP contribution is -2.38. The Hall–Kier alpha value is -0.960. The van der Waals surface area contributed by atoms with E-state index in [-0.39, 0.29) is 0 Å². The quantitative estimate of drug-likeness (QED) is 0.773. The summed E-state index contributed by atoms with van der Waals surface area (Å²) in [5, 5.41) is 9.80. The number of aliphatic hydroxyl groups is 1. The monoisotopic (exact) mass is 198 g/mol. The van der Waals surface area contributed by atoms with Crippen molar-refractivity contribution in [3.63, 3.8) is 0 Å². The molecule has 76 valence electrons. The summed E-state index contributed by atoms with van der Waals surface area (Å²) >= 11 is 0. The molecule has 0 aliphatic heterocycles. The van der Waals surface area contributed by atoms with Gasteiger partial charge in [0.1, 0.15) is 11.6 Å². The highest BCUT2D eigenvalue weighted by Gasteiger charge is 2.34. The summed E-state index contributed by atoms with van der Waals surface area (Å²) in [6.45, 7) is 0. The number of rotatable bonds is 2. The van der Waals surface area contributed by atoms with Crippen LogP contribution >= 0.6 is 0 Å². The Morgan fingerprint density at radius 2 is 1.71 bits per heavy atom. The molecule has 14 heavy (non-hydrogen) atoms. The van der Waals surface area contributed by atoms with Crippen molar-refractivity contribution < 1.29 is 13.9 Å². The molecule has 1 saturated carbocycles. The second kappa shape index (κ2) is 3.31. The number of halogens is 2. The van der Waals surface area contributed by atoms with Crippen molar-refractivity contribution in [2.45, 2.75) is 31.3 Å². The lowest BCUT2D eigenvalue weighted by molar-refractivity contribution is -0.0323. The lowest BCUT2D eigenvalue weighted by Gasteiger charge is -2.36. The second-order valence-electron chi connectivity index (χ2n) is 4.03. The van der Waals surface area contributed by atoms with Gasteiger partial charge >= 0.3 is 0 Å². The summed E-state index contributed by atoms with van der Waals surface area (Å²) in [5.74, 6) is -1.16. The molecule has 0 atom stereocenters. The van der Waals surface area contributed by atoms with Crippen LogP contribution in [0.15, 0.2) is 18.2 Å². The molecular formula is C11H12F2O. The van der Waals surface area contributed by atoms with Crippen LogP contribution in [-0.4, -0.2) is 10.7 Å². The van der Waals surface area contributed by atoms with Gasteiger partial charge in [0.2, 0.25) is 0 Å². The fraction of sp³-hybridized carbons (Fsp3) is 0.455. The first-order valence-corrected chi connectivity index (χ1v) is 4.75. The Morgan fingerprint density at radius 1 is 1.14 bits per heavy atom. The molecule has 1 nitrogen and oxygen atoms in total. The van der Waals surface area contributed by atoms with Crippen molar-refractivity contribution in [3.8, 4) is 0 Å². The molecule has 0 radical (unpaired) electrons. The van der Waals surface area contributed by atoms with Crippen LogP contribution in [0.5, 0.6) is 0 Å². The fourth-order valence-corrected chi connectivity index (χ4v) is 1.85. The third-order valence-corrected chi connectivity index (χ3v) is 2.74. The molecule has 3 heteroatoms. The SMILES string of the molecule is OC1(Cc2cc(F)cc(F)c2)CCC1. The van der Waals surface area contributed by atoms with Crippen molar-refractivity contribution in [1.29, 1.82) is 0 Å². The van der Waals surface area contributed by atoms with E-state index in [1.54, 1.807) is 0 Å². The maximum atomic E-state index is 12.8. The molecule has 0 bridgehead atoms. The fourth-order valence-electron chi connectivity index (χ4n) is 1.85. The minimum atomic E-state index is -0.722. The molecule has 0 saturated heterocycles. The van der Waals surface area contributed by atoms with Crippen molar-refractivity contribution in [1.82, 2.24) is 0 Å². The van der Waals surface area contributed by atoms with E-state index in [4.69, 9.17) is 0 Å². The number of hydrogen-bond acceptors (Lipinski definition) is 1. The molecule has 0 spiro atoms. The van der Waals surface area contributed by atoms with Crippen LogP contribution in [-0.2, 0) is 6.42 Å². The van der Waals surface area contributed by atoms with Gasteiger partial charge in [0, 0.05) is 12.5 Å². The summed E-state index contributed by atoms with van der Waals surface area (Å²) in [6.07, 6.45) is 2.80. The largest absolute Gasteiger partial charge is 0.390 e. The highest BCUT2D eigenvalue weighted by atomic mass is 19.1. The van der Waals surface area contributed by atoms with Gasteiger partial charge in [0.15, 0.2) is 0 Å². The molecule has 1 aliphatic carbocycles. The molecule has 0 amide bonds. The molecule has 1 N–H and O–H groups in total. The molecule has 0 aromatic heterocycles. The third-order valence-electron chi connectivity index (χ3n) is 2.74. The van der Waals surface area contributed by atoms with Gasteiger partial charge < -0.3 is 5.11 Å². The summed E-state index contributed by atoms with van der Waals surface area (Å²) in [5.41, 5.74) is -0.190. The third kappa shape index (κ3) is 1.93. The van der Waals surface area contributed by atoms with Gasteiger partial charge in [0.05, 0.1) is 5.60 Å². The van der Waals surface area contributed by atoms with Crippen LogP contribution in [0.2, 0.25) is 0 Å². The summed E-state index contributed by atoms with van der Waals surface area (Å²) in [7, 11) is 0. The van der Waals surface area contributed by atoms with E-state index < -0.39 is 17.2 Å². The molecule has 1 aromatic carbocycles. The van der Waals surface area contributed by atoms with E-state index in [0.29, 0.717) is 12.0 Å². The van der Waals surface area contributed by atoms with E-state index in [1.165, 1.54) is 12.1 Å². The van der Waals surface area contributed by atoms with Gasteiger partial charge in [-0.2, -0.15) is 0 Å². The van der Waals surface area contributed by atoms with Gasteiger partial charge in [-0.05, 0) is 37.0 Å². The van der Waals surface area contributed by atoms with Gasteiger partial charge in [0.25, 0.3) is 0 Å². The Bertz CT molecular complexity index is 325. The van der Waals surface area contributed by atoms with Crippen molar-refractivity contribution in [2.24, 2.45) is 0 Å². The molecule has 1 fully saturated rings. The molecule has 1 aromatic rings. The number of benzene rings is 1. The van der Waals surface area contributed by atoms with Crippen LogP contribution in [0, 0.1) is 11.6 Å². The van der Waals surface area contributed by atoms with Crippen LogP contribution in [0.4, 0.5) is 8.78 Å². The second-order valence-corrected chi connectivity index (χ2v) is 4.03. The smallest absolute Gasteiger partial charge is 0.126 e. The molecule has 1 aliphatic rings. The van der Waals surface area contributed by atoms with Crippen molar-refractivity contribution >= 4 is 0 Å². The standard InChI is InChI=1S/C11H12F2O/c12-9-4-8(5-10(13)6-9)7-11(14)2-1-3-11/h4-6,14H,1-3,7H2. The predicted molar refractivity (Wildman–Crippen MR) is 48.9 cm³/mol. The van der Waals surface area contributed by atoms with Crippen molar-refractivity contribution in [3.05, 3.63) is 35.4 Å². The average Bonchev–Trinajstić information content (AvgIpc) is 1.99. The minimum Gasteiger partial charge on any atom is -0.390 e. The first-order valence-electron chi connectivity index (χ1n) is 4.75. The van der Waals surface area contributed by atoms with Crippen molar-refractivity contribution in [2.75, 3.05) is 0 Å². The predicted octanol–water partition coefficient (Wildman–Crippen LogP) is 2.42. The van der Waals surface area contributed by atoms with E-state index in [9.17, 15) is 13.9 Å². The molecule has 0 unspecified atom stereocenters. The summed E-state index contributed by atoms with van der Waals surface area (Å²) in [4.78, 5) is 0. The van der Waals surface area contributed by atoms with E-state index in [0.717, 1.165) is 25.3 Å². The van der Waals surface area contributed by atoms with Crippen LogP contribution in [0.3, 0.4) is 0 Å². The minimum absolute atomic E-state index is 0.349. The Kier molecular flexibility index (Phi) is 2.27. The topological polar surface area (TPSA) is 20.2 Å². The van der Waals surface area contributed by atoms with Gasteiger partial charge in [-0.25, -0.2) is 8.78 Å². The Labute approximate surface area is 81.4 Å². The summed E-state index contributed by atoms with van der Waals surface area (Å²) in [6, 6.07) is 3.40.